The first-order valence-corrected chi connectivity index (χ1v) is 7.05. The average molecular weight is 270 g/mol. The van der Waals surface area contributed by atoms with Crippen LogP contribution in [0, 0.1) is 5.92 Å². The SMILES string of the molecule is O=C(O)C1CCC(OCc2cccc3ccccc23)C1. The highest BCUT2D eigenvalue weighted by atomic mass is 16.5. The summed E-state index contributed by atoms with van der Waals surface area (Å²) in [5.74, 6) is -0.922. The van der Waals surface area contributed by atoms with Gasteiger partial charge >= 0.3 is 5.97 Å². The van der Waals surface area contributed by atoms with E-state index in [2.05, 4.69) is 24.3 Å². The van der Waals surface area contributed by atoms with E-state index in [1.165, 1.54) is 16.3 Å². The molecule has 0 aromatic heterocycles. The van der Waals surface area contributed by atoms with Crippen molar-refractivity contribution in [2.24, 2.45) is 5.92 Å². The molecular weight excluding hydrogens is 252 g/mol. The molecule has 0 saturated heterocycles. The van der Waals surface area contributed by atoms with E-state index in [9.17, 15) is 4.79 Å². The highest BCUT2D eigenvalue weighted by molar-refractivity contribution is 5.85. The predicted octanol–water partition coefficient (Wildman–Crippen LogP) is 3.61. The summed E-state index contributed by atoms with van der Waals surface area (Å²) in [5.41, 5.74) is 1.17. The van der Waals surface area contributed by atoms with E-state index in [1.54, 1.807) is 0 Å². The molecule has 0 aliphatic heterocycles. The van der Waals surface area contributed by atoms with Crippen LogP contribution in [0.15, 0.2) is 42.5 Å². The fourth-order valence-corrected chi connectivity index (χ4v) is 2.94. The second kappa shape index (κ2) is 5.63. The molecule has 1 N–H and O–H groups in total. The lowest BCUT2D eigenvalue weighted by Crippen LogP contribution is -2.13. The van der Waals surface area contributed by atoms with Crippen LogP contribution in [0.4, 0.5) is 0 Å². The van der Waals surface area contributed by atoms with E-state index in [-0.39, 0.29) is 12.0 Å². The maximum atomic E-state index is 10.9. The van der Waals surface area contributed by atoms with Crippen molar-refractivity contribution < 1.29 is 14.6 Å². The Morgan fingerprint density at radius 2 is 1.95 bits per heavy atom. The van der Waals surface area contributed by atoms with Crippen LogP contribution in [-0.4, -0.2) is 17.2 Å². The van der Waals surface area contributed by atoms with E-state index < -0.39 is 5.97 Å². The Morgan fingerprint density at radius 1 is 1.15 bits per heavy atom. The zero-order valence-corrected chi connectivity index (χ0v) is 11.3. The van der Waals surface area contributed by atoms with Crippen molar-refractivity contribution >= 4 is 16.7 Å². The molecule has 0 heterocycles. The lowest BCUT2D eigenvalue weighted by molar-refractivity contribution is -0.141. The number of fused-ring (bicyclic) bond motifs is 1. The van der Waals surface area contributed by atoms with Crippen LogP contribution in [-0.2, 0) is 16.1 Å². The normalized spacial score (nSPS) is 22.2. The highest BCUT2D eigenvalue weighted by Gasteiger charge is 2.30. The molecule has 2 atom stereocenters. The number of carboxylic acids is 1. The topological polar surface area (TPSA) is 46.5 Å². The smallest absolute Gasteiger partial charge is 0.306 e. The molecule has 3 nitrogen and oxygen atoms in total. The fraction of sp³-hybridized carbons (Fsp3) is 0.353. The molecule has 2 aromatic carbocycles. The minimum Gasteiger partial charge on any atom is -0.481 e. The monoisotopic (exact) mass is 270 g/mol. The number of hydrogen-bond acceptors (Lipinski definition) is 2. The van der Waals surface area contributed by atoms with Gasteiger partial charge in [-0.15, -0.1) is 0 Å². The van der Waals surface area contributed by atoms with Crippen molar-refractivity contribution in [1.29, 1.82) is 0 Å². The summed E-state index contributed by atoms with van der Waals surface area (Å²) in [4.78, 5) is 10.9. The van der Waals surface area contributed by atoms with Crippen molar-refractivity contribution in [2.75, 3.05) is 0 Å². The third kappa shape index (κ3) is 2.68. The number of ether oxygens (including phenoxy) is 1. The van der Waals surface area contributed by atoms with Crippen LogP contribution in [0.5, 0.6) is 0 Å². The van der Waals surface area contributed by atoms with Gasteiger partial charge in [-0.05, 0) is 35.6 Å². The quantitative estimate of drug-likeness (QED) is 0.923. The van der Waals surface area contributed by atoms with Crippen LogP contribution in [0.2, 0.25) is 0 Å². The van der Waals surface area contributed by atoms with Crippen molar-refractivity contribution in [3.63, 3.8) is 0 Å². The molecule has 104 valence electrons. The highest BCUT2D eigenvalue weighted by Crippen LogP contribution is 2.29. The predicted molar refractivity (Wildman–Crippen MR) is 77.5 cm³/mol. The summed E-state index contributed by atoms with van der Waals surface area (Å²) >= 11 is 0. The Kier molecular flexibility index (Phi) is 3.70. The Balaban J connectivity index is 1.67. The average Bonchev–Trinajstić information content (AvgIpc) is 2.94. The first-order chi connectivity index (χ1) is 9.74. The molecule has 2 unspecified atom stereocenters. The van der Waals surface area contributed by atoms with Gasteiger partial charge in [-0.3, -0.25) is 4.79 Å². The van der Waals surface area contributed by atoms with Gasteiger partial charge in [0.15, 0.2) is 0 Å². The Morgan fingerprint density at radius 3 is 2.75 bits per heavy atom. The standard InChI is InChI=1S/C17H18O3/c18-17(19)13-8-9-15(10-13)20-11-14-6-3-5-12-4-1-2-7-16(12)14/h1-7,13,15H,8-11H2,(H,18,19). The number of carbonyl (C=O) groups is 1. The summed E-state index contributed by atoms with van der Waals surface area (Å²) in [6, 6.07) is 14.5. The van der Waals surface area contributed by atoms with E-state index >= 15 is 0 Å². The largest absolute Gasteiger partial charge is 0.481 e. The molecule has 1 fully saturated rings. The molecule has 20 heavy (non-hydrogen) atoms. The van der Waals surface area contributed by atoms with Crippen LogP contribution in [0.1, 0.15) is 24.8 Å². The molecule has 2 aromatic rings. The number of rotatable bonds is 4. The van der Waals surface area contributed by atoms with Crippen LogP contribution in [0.25, 0.3) is 10.8 Å². The fourth-order valence-electron chi connectivity index (χ4n) is 2.94. The van der Waals surface area contributed by atoms with Gasteiger partial charge in [-0.2, -0.15) is 0 Å². The minimum absolute atomic E-state index is 0.0788. The summed E-state index contributed by atoms with van der Waals surface area (Å²) in [6.07, 6.45) is 2.30. The molecule has 0 spiro atoms. The number of aliphatic carboxylic acids is 1. The van der Waals surface area contributed by atoms with E-state index in [0.29, 0.717) is 13.0 Å². The molecule has 3 heteroatoms. The first-order valence-electron chi connectivity index (χ1n) is 7.05. The summed E-state index contributed by atoms with van der Waals surface area (Å²) in [5, 5.41) is 11.4. The molecular formula is C17H18O3. The second-order valence-electron chi connectivity index (χ2n) is 5.42. The van der Waals surface area contributed by atoms with Gasteiger partial charge in [0.25, 0.3) is 0 Å². The zero-order chi connectivity index (χ0) is 13.9. The van der Waals surface area contributed by atoms with Gasteiger partial charge < -0.3 is 9.84 Å². The Labute approximate surface area is 118 Å². The maximum Gasteiger partial charge on any atom is 0.306 e. The van der Waals surface area contributed by atoms with Gasteiger partial charge in [0, 0.05) is 0 Å². The van der Waals surface area contributed by atoms with Crippen molar-refractivity contribution in [3.05, 3.63) is 48.0 Å². The van der Waals surface area contributed by atoms with Crippen LogP contribution in [0.3, 0.4) is 0 Å². The Hall–Kier alpha value is -1.87. The van der Waals surface area contributed by atoms with Gasteiger partial charge in [0.1, 0.15) is 0 Å². The van der Waals surface area contributed by atoms with Gasteiger partial charge in [-0.1, -0.05) is 42.5 Å². The van der Waals surface area contributed by atoms with Crippen molar-refractivity contribution in [1.82, 2.24) is 0 Å². The first kappa shape index (κ1) is 13.1. The molecule has 0 amide bonds. The van der Waals surface area contributed by atoms with Gasteiger partial charge in [0.2, 0.25) is 0 Å². The van der Waals surface area contributed by atoms with Gasteiger partial charge in [-0.25, -0.2) is 0 Å². The molecule has 0 bridgehead atoms. The summed E-state index contributed by atoms with van der Waals surface area (Å²) in [7, 11) is 0. The summed E-state index contributed by atoms with van der Waals surface area (Å²) < 4.78 is 5.91. The maximum absolute atomic E-state index is 10.9. The number of carboxylic acid groups (broad SMARTS) is 1. The zero-order valence-electron chi connectivity index (χ0n) is 11.3. The molecule has 1 aliphatic rings. The molecule has 0 radical (unpaired) electrons. The van der Waals surface area contributed by atoms with E-state index in [1.807, 2.05) is 18.2 Å². The third-order valence-corrected chi connectivity index (χ3v) is 4.09. The van der Waals surface area contributed by atoms with E-state index in [4.69, 9.17) is 9.84 Å². The Bertz CT molecular complexity index is 615. The molecule has 1 aliphatic carbocycles. The lowest BCUT2D eigenvalue weighted by Gasteiger charge is -2.13. The summed E-state index contributed by atoms with van der Waals surface area (Å²) in [6.45, 7) is 0.554. The number of benzene rings is 2. The molecule has 1 saturated carbocycles. The lowest BCUT2D eigenvalue weighted by atomic mass is 10.1. The van der Waals surface area contributed by atoms with Crippen molar-refractivity contribution in [2.45, 2.75) is 32.0 Å². The molecule has 3 rings (SSSR count). The van der Waals surface area contributed by atoms with Crippen LogP contribution >= 0.6 is 0 Å². The van der Waals surface area contributed by atoms with E-state index in [0.717, 1.165) is 12.8 Å². The third-order valence-electron chi connectivity index (χ3n) is 4.09. The van der Waals surface area contributed by atoms with Gasteiger partial charge in [0.05, 0.1) is 18.6 Å². The van der Waals surface area contributed by atoms with Crippen molar-refractivity contribution in [3.8, 4) is 0 Å². The number of hydrogen-bond donors (Lipinski definition) is 1. The van der Waals surface area contributed by atoms with Crippen LogP contribution < -0.4 is 0 Å². The minimum atomic E-state index is -0.693. The second-order valence-corrected chi connectivity index (χ2v) is 5.42.